The predicted molar refractivity (Wildman–Crippen MR) is 78.0 cm³/mol. The van der Waals surface area contributed by atoms with Crippen molar-refractivity contribution in [3.63, 3.8) is 0 Å². The van der Waals surface area contributed by atoms with Crippen molar-refractivity contribution in [2.75, 3.05) is 0 Å². The van der Waals surface area contributed by atoms with Gasteiger partial charge in [0, 0.05) is 18.0 Å². The van der Waals surface area contributed by atoms with Crippen molar-refractivity contribution in [1.82, 2.24) is 5.32 Å². The van der Waals surface area contributed by atoms with Gasteiger partial charge in [0.15, 0.2) is 0 Å². The van der Waals surface area contributed by atoms with Gasteiger partial charge in [0.1, 0.15) is 5.82 Å². The lowest BCUT2D eigenvalue weighted by Gasteiger charge is -2.06. The van der Waals surface area contributed by atoms with E-state index in [-0.39, 0.29) is 18.1 Å². The minimum atomic E-state index is -0.268. The molecule has 0 unspecified atom stereocenters. The molecule has 1 N–H and O–H groups in total. The highest BCUT2D eigenvalue weighted by molar-refractivity contribution is 6.30. The zero-order valence-corrected chi connectivity index (χ0v) is 11.7. The molecular formula is C16H15ClFNO. The number of carbonyl (C=O) groups excluding carboxylic acids is 1. The summed E-state index contributed by atoms with van der Waals surface area (Å²) in [5.41, 5.74) is 1.50. The summed E-state index contributed by atoms with van der Waals surface area (Å²) in [4.78, 5) is 11.7. The smallest absolute Gasteiger partial charge is 0.220 e. The minimum Gasteiger partial charge on any atom is -0.352 e. The van der Waals surface area contributed by atoms with Crippen LogP contribution in [-0.4, -0.2) is 5.91 Å². The summed E-state index contributed by atoms with van der Waals surface area (Å²) in [5.74, 6) is -0.372. The second-order valence-electron chi connectivity index (χ2n) is 4.50. The van der Waals surface area contributed by atoms with E-state index in [9.17, 15) is 9.18 Å². The van der Waals surface area contributed by atoms with E-state index >= 15 is 0 Å². The van der Waals surface area contributed by atoms with Gasteiger partial charge in [-0.1, -0.05) is 41.9 Å². The Hall–Kier alpha value is -1.87. The molecule has 20 heavy (non-hydrogen) atoms. The zero-order valence-electron chi connectivity index (χ0n) is 10.9. The van der Waals surface area contributed by atoms with Gasteiger partial charge in [-0.2, -0.15) is 0 Å². The molecule has 2 aromatic rings. The van der Waals surface area contributed by atoms with Crippen molar-refractivity contribution >= 4 is 17.5 Å². The van der Waals surface area contributed by atoms with Crippen LogP contribution in [-0.2, 0) is 17.8 Å². The number of hydrogen-bond donors (Lipinski definition) is 1. The fourth-order valence-electron chi connectivity index (χ4n) is 1.89. The molecule has 0 aliphatic rings. The molecule has 0 fully saturated rings. The van der Waals surface area contributed by atoms with Crippen LogP contribution in [0, 0.1) is 5.82 Å². The largest absolute Gasteiger partial charge is 0.352 e. The van der Waals surface area contributed by atoms with Crippen LogP contribution in [0.2, 0.25) is 5.02 Å². The maximum Gasteiger partial charge on any atom is 0.220 e. The van der Waals surface area contributed by atoms with Gasteiger partial charge >= 0.3 is 0 Å². The number of carbonyl (C=O) groups is 1. The number of amides is 1. The summed E-state index contributed by atoms with van der Waals surface area (Å²) in [6, 6.07) is 13.8. The van der Waals surface area contributed by atoms with Crippen molar-refractivity contribution in [1.29, 1.82) is 0 Å². The average Bonchev–Trinajstić information content (AvgIpc) is 2.44. The SMILES string of the molecule is O=C(CCc1ccccc1F)NCc1cccc(Cl)c1. The Balaban J connectivity index is 1.80. The lowest BCUT2D eigenvalue weighted by Crippen LogP contribution is -2.23. The summed E-state index contributed by atoms with van der Waals surface area (Å²) in [6.07, 6.45) is 0.662. The first-order valence-corrected chi connectivity index (χ1v) is 6.77. The van der Waals surface area contributed by atoms with Crippen LogP contribution in [0.25, 0.3) is 0 Å². The molecule has 0 aliphatic carbocycles. The van der Waals surface area contributed by atoms with Gasteiger partial charge in [-0.15, -0.1) is 0 Å². The lowest BCUT2D eigenvalue weighted by molar-refractivity contribution is -0.121. The molecule has 0 heterocycles. The predicted octanol–water partition coefficient (Wildman–Crippen LogP) is 3.73. The third kappa shape index (κ3) is 4.35. The van der Waals surface area contributed by atoms with E-state index in [0.717, 1.165) is 5.56 Å². The Kier molecular flexibility index (Phi) is 5.13. The third-order valence-electron chi connectivity index (χ3n) is 2.96. The second-order valence-corrected chi connectivity index (χ2v) is 4.93. The van der Waals surface area contributed by atoms with Crippen molar-refractivity contribution in [2.45, 2.75) is 19.4 Å². The molecule has 0 aromatic heterocycles. The van der Waals surface area contributed by atoms with Gasteiger partial charge < -0.3 is 5.32 Å². The summed E-state index contributed by atoms with van der Waals surface area (Å²) < 4.78 is 13.4. The summed E-state index contributed by atoms with van der Waals surface area (Å²) in [5, 5.41) is 3.44. The van der Waals surface area contributed by atoms with E-state index in [1.165, 1.54) is 6.07 Å². The molecule has 0 saturated heterocycles. The molecule has 2 nitrogen and oxygen atoms in total. The van der Waals surface area contributed by atoms with E-state index in [1.54, 1.807) is 30.3 Å². The Morgan fingerprint density at radius 2 is 1.95 bits per heavy atom. The maximum atomic E-state index is 13.4. The van der Waals surface area contributed by atoms with Crippen molar-refractivity contribution in [2.24, 2.45) is 0 Å². The molecule has 0 aliphatic heterocycles. The molecule has 2 rings (SSSR count). The number of aryl methyl sites for hydroxylation is 1. The summed E-state index contributed by atoms with van der Waals surface area (Å²) in [7, 11) is 0. The molecule has 0 saturated carbocycles. The van der Waals surface area contributed by atoms with Gasteiger partial charge in [0.25, 0.3) is 0 Å². The first-order chi connectivity index (χ1) is 9.65. The molecule has 0 radical (unpaired) electrons. The Morgan fingerprint density at radius 1 is 1.15 bits per heavy atom. The van der Waals surface area contributed by atoms with E-state index in [1.807, 2.05) is 12.1 Å². The highest BCUT2D eigenvalue weighted by atomic mass is 35.5. The van der Waals surface area contributed by atoms with Gasteiger partial charge in [0.05, 0.1) is 0 Å². The van der Waals surface area contributed by atoms with Crippen LogP contribution in [0.15, 0.2) is 48.5 Å². The standard InChI is InChI=1S/C16H15ClFNO/c17-14-6-3-4-12(10-14)11-19-16(20)9-8-13-5-1-2-7-15(13)18/h1-7,10H,8-9,11H2,(H,19,20). The summed E-state index contributed by atoms with van der Waals surface area (Å²) >= 11 is 5.86. The number of rotatable bonds is 5. The molecule has 104 valence electrons. The van der Waals surface area contributed by atoms with Gasteiger partial charge in [0.2, 0.25) is 5.91 Å². The second kappa shape index (κ2) is 7.06. The van der Waals surface area contributed by atoms with Crippen LogP contribution in [0.1, 0.15) is 17.5 Å². The highest BCUT2D eigenvalue weighted by Gasteiger charge is 2.05. The highest BCUT2D eigenvalue weighted by Crippen LogP contribution is 2.11. The zero-order chi connectivity index (χ0) is 14.4. The number of halogens is 2. The fraction of sp³-hybridized carbons (Fsp3) is 0.188. The molecule has 4 heteroatoms. The van der Waals surface area contributed by atoms with E-state index in [0.29, 0.717) is 23.6 Å². The Bertz CT molecular complexity index is 601. The van der Waals surface area contributed by atoms with Crippen LogP contribution >= 0.6 is 11.6 Å². The van der Waals surface area contributed by atoms with Crippen LogP contribution in [0.3, 0.4) is 0 Å². The molecule has 0 atom stereocenters. The van der Waals surface area contributed by atoms with Gasteiger partial charge in [-0.25, -0.2) is 4.39 Å². The van der Waals surface area contributed by atoms with E-state index in [2.05, 4.69) is 5.32 Å². The molecule has 1 amide bonds. The maximum absolute atomic E-state index is 13.4. The fourth-order valence-corrected chi connectivity index (χ4v) is 2.10. The van der Waals surface area contributed by atoms with Gasteiger partial charge in [-0.3, -0.25) is 4.79 Å². The molecule has 0 bridgehead atoms. The summed E-state index contributed by atoms with van der Waals surface area (Å²) in [6.45, 7) is 0.427. The molecule has 0 spiro atoms. The number of nitrogens with one attached hydrogen (secondary N) is 1. The van der Waals surface area contributed by atoms with Crippen molar-refractivity contribution in [3.05, 3.63) is 70.5 Å². The van der Waals surface area contributed by atoms with E-state index in [4.69, 9.17) is 11.6 Å². The molecular weight excluding hydrogens is 277 g/mol. The Morgan fingerprint density at radius 3 is 2.70 bits per heavy atom. The minimum absolute atomic E-state index is 0.103. The first kappa shape index (κ1) is 14.5. The van der Waals surface area contributed by atoms with E-state index < -0.39 is 0 Å². The third-order valence-corrected chi connectivity index (χ3v) is 3.19. The average molecular weight is 292 g/mol. The monoisotopic (exact) mass is 291 g/mol. The number of hydrogen-bond acceptors (Lipinski definition) is 1. The molecule has 2 aromatic carbocycles. The topological polar surface area (TPSA) is 29.1 Å². The normalized spacial score (nSPS) is 10.3. The lowest BCUT2D eigenvalue weighted by atomic mass is 10.1. The van der Waals surface area contributed by atoms with Crippen LogP contribution in [0.5, 0.6) is 0 Å². The van der Waals surface area contributed by atoms with Crippen LogP contribution < -0.4 is 5.32 Å². The first-order valence-electron chi connectivity index (χ1n) is 6.40. The van der Waals surface area contributed by atoms with Crippen molar-refractivity contribution < 1.29 is 9.18 Å². The van der Waals surface area contributed by atoms with Gasteiger partial charge in [-0.05, 0) is 35.7 Å². The Labute approximate surface area is 122 Å². The van der Waals surface area contributed by atoms with Crippen LogP contribution in [0.4, 0.5) is 4.39 Å². The quantitative estimate of drug-likeness (QED) is 0.893. The van der Waals surface area contributed by atoms with Crippen molar-refractivity contribution in [3.8, 4) is 0 Å². The number of benzene rings is 2.